The maximum Gasteiger partial charge on any atom is -0.0318 e. The van der Waals surface area contributed by atoms with Gasteiger partial charge in [-0.15, -0.1) is 0 Å². The molecule has 0 saturated heterocycles. The van der Waals surface area contributed by atoms with Gasteiger partial charge in [-0.05, 0) is 42.4 Å². The average Bonchev–Trinajstić information content (AvgIpc) is 2.15. The quantitative estimate of drug-likeness (QED) is 0.528. The Kier molecular flexibility index (Phi) is 6.03. The van der Waals surface area contributed by atoms with E-state index in [4.69, 9.17) is 0 Å². The summed E-state index contributed by atoms with van der Waals surface area (Å²) in [7, 11) is 0. The fourth-order valence-electron chi connectivity index (χ4n) is 4.31. The van der Waals surface area contributed by atoms with Crippen LogP contribution in [0.4, 0.5) is 0 Å². The maximum absolute atomic E-state index is 2.56. The number of hydrogen-bond donors (Lipinski definition) is 0. The maximum atomic E-state index is 2.56. The van der Waals surface area contributed by atoms with Gasteiger partial charge in [-0.3, -0.25) is 0 Å². The standard InChI is InChI=1S/C17H34/c1-14(2)11-17(5,12-15(3)4)13-16-9-7-6-8-10-16/h14-16H,6-13H2,1-5H3. The minimum Gasteiger partial charge on any atom is -0.0628 e. The van der Waals surface area contributed by atoms with Crippen molar-refractivity contribution in [3.05, 3.63) is 0 Å². The fraction of sp³-hybridized carbons (Fsp3) is 1.00. The molecule has 0 aromatic heterocycles. The largest absolute Gasteiger partial charge is 0.0628 e. The molecule has 1 fully saturated rings. The van der Waals surface area contributed by atoms with E-state index in [0.29, 0.717) is 5.41 Å². The Bertz CT molecular complexity index is 186. The summed E-state index contributed by atoms with van der Waals surface area (Å²) in [4.78, 5) is 0. The van der Waals surface area contributed by atoms with Crippen LogP contribution in [0.25, 0.3) is 0 Å². The molecule has 1 rings (SSSR count). The number of rotatable bonds is 6. The highest BCUT2D eigenvalue weighted by molar-refractivity contribution is 4.81. The highest BCUT2D eigenvalue weighted by Gasteiger charge is 2.30. The molecule has 0 atom stereocenters. The summed E-state index contributed by atoms with van der Waals surface area (Å²) in [5.41, 5.74) is 0.602. The molecule has 0 aliphatic heterocycles. The van der Waals surface area contributed by atoms with E-state index in [9.17, 15) is 0 Å². The van der Waals surface area contributed by atoms with Crippen LogP contribution in [0.3, 0.4) is 0 Å². The van der Waals surface area contributed by atoms with Crippen molar-refractivity contribution < 1.29 is 0 Å². The lowest BCUT2D eigenvalue weighted by molar-refractivity contribution is 0.140. The van der Waals surface area contributed by atoms with Crippen molar-refractivity contribution in [1.82, 2.24) is 0 Å². The molecule has 0 spiro atoms. The fourth-order valence-corrected chi connectivity index (χ4v) is 4.31. The Labute approximate surface area is 110 Å². The van der Waals surface area contributed by atoms with Crippen LogP contribution in [-0.2, 0) is 0 Å². The second kappa shape index (κ2) is 6.81. The lowest BCUT2D eigenvalue weighted by Gasteiger charge is -2.37. The van der Waals surface area contributed by atoms with Crippen molar-refractivity contribution in [2.24, 2.45) is 23.2 Å². The van der Waals surface area contributed by atoms with Gasteiger partial charge < -0.3 is 0 Å². The first kappa shape index (κ1) is 15.1. The Morgan fingerprint density at radius 2 is 1.35 bits per heavy atom. The van der Waals surface area contributed by atoms with Gasteiger partial charge in [0.05, 0.1) is 0 Å². The SMILES string of the molecule is CC(C)CC(C)(CC(C)C)CC1CCCCC1. The zero-order chi connectivity index (χ0) is 12.9. The van der Waals surface area contributed by atoms with Crippen molar-refractivity contribution >= 4 is 0 Å². The summed E-state index contributed by atoms with van der Waals surface area (Å²) in [5, 5.41) is 0. The third kappa shape index (κ3) is 5.93. The predicted molar refractivity (Wildman–Crippen MR) is 78.2 cm³/mol. The van der Waals surface area contributed by atoms with Gasteiger partial charge in [0, 0.05) is 0 Å². The third-order valence-electron chi connectivity index (χ3n) is 4.31. The molecule has 1 aliphatic rings. The van der Waals surface area contributed by atoms with Crippen LogP contribution in [0.5, 0.6) is 0 Å². The molecule has 0 amide bonds. The van der Waals surface area contributed by atoms with Gasteiger partial charge >= 0.3 is 0 Å². The molecular formula is C17H34. The molecule has 1 saturated carbocycles. The van der Waals surface area contributed by atoms with Gasteiger partial charge in [0.25, 0.3) is 0 Å². The second-order valence-corrected chi connectivity index (χ2v) is 7.71. The minimum absolute atomic E-state index is 0.602. The molecule has 0 radical (unpaired) electrons. The van der Waals surface area contributed by atoms with E-state index < -0.39 is 0 Å². The molecule has 102 valence electrons. The van der Waals surface area contributed by atoms with Gasteiger partial charge in [0.15, 0.2) is 0 Å². The van der Waals surface area contributed by atoms with Crippen molar-refractivity contribution in [2.75, 3.05) is 0 Å². The van der Waals surface area contributed by atoms with Gasteiger partial charge in [-0.2, -0.15) is 0 Å². The van der Waals surface area contributed by atoms with Gasteiger partial charge in [-0.25, -0.2) is 0 Å². The van der Waals surface area contributed by atoms with Crippen LogP contribution in [-0.4, -0.2) is 0 Å². The first-order valence-electron chi connectivity index (χ1n) is 7.91. The van der Waals surface area contributed by atoms with E-state index in [1.165, 1.54) is 51.4 Å². The van der Waals surface area contributed by atoms with Crippen LogP contribution in [0.2, 0.25) is 0 Å². The highest BCUT2D eigenvalue weighted by atomic mass is 14.4. The molecular weight excluding hydrogens is 204 g/mol. The Morgan fingerprint density at radius 3 is 1.76 bits per heavy atom. The summed E-state index contributed by atoms with van der Waals surface area (Å²) in [6, 6.07) is 0. The highest BCUT2D eigenvalue weighted by Crippen LogP contribution is 2.42. The second-order valence-electron chi connectivity index (χ2n) is 7.71. The van der Waals surface area contributed by atoms with E-state index >= 15 is 0 Å². The Balaban J connectivity index is 2.54. The normalized spacial score (nSPS) is 19.2. The summed E-state index contributed by atoms with van der Waals surface area (Å²) in [6.07, 6.45) is 11.8. The van der Waals surface area contributed by atoms with Gasteiger partial charge in [-0.1, -0.05) is 66.7 Å². The third-order valence-corrected chi connectivity index (χ3v) is 4.31. The molecule has 0 N–H and O–H groups in total. The van der Waals surface area contributed by atoms with Gasteiger partial charge in [0.1, 0.15) is 0 Å². The van der Waals surface area contributed by atoms with E-state index in [-0.39, 0.29) is 0 Å². The molecule has 0 heterocycles. The average molecular weight is 238 g/mol. The van der Waals surface area contributed by atoms with E-state index in [1.807, 2.05) is 0 Å². The lowest BCUT2D eigenvalue weighted by Crippen LogP contribution is -2.26. The van der Waals surface area contributed by atoms with Crippen LogP contribution in [0.1, 0.15) is 86.0 Å². The summed E-state index contributed by atoms with van der Waals surface area (Å²) >= 11 is 0. The van der Waals surface area contributed by atoms with Crippen molar-refractivity contribution in [3.8, 4) is 0 Å². The lowest BCUT2D eigenvalue weighted by atomic mass is 9.68. The van der Waals surface area contributed by atoms with E-state index in [0.717, 1.165) is 17.8 Å². The topological polar surface area (TPSA) is 0 Å². The molecule has 0 heteroatoms. The first-order valence-corrected chi connectivity index (χ1v) is 7.91. The van der Waals surface area contributed by atoms with Crippen LogP contribution < -0.4 is 0 Å². The summed E-state index contributed by atoms with van der Waals surface area (Å²) < 4.78 is 0. The summed E-state index contributed by atoms with van der Waals surface area (Å²) in [6.45, 7) is 12.1. The summed E-state index contributed by atoms with van der Waals surface area (Å²) in [5.74, 6) is 2.73. The van der Waals surface area contributed by atoms with Crippen LogP contribution >= 0.6 is 0 Å². The zero-order valence-corrected chi connectivity index (χ0v) is 12.9. The van der Waals surface area contributed by atoms with Crippen molar-refractivity contribution in [1.29, 1.82) is 0 Å². The molecule has 0 nitrogen and oxygen atoms in total. The Morgan fingerprint density at radius 1 is 0.882 bits per heavy atom. The van der Waals surface area contributed by atoms with Crippen LogP contribution in [0, 0.1) is 23.2 Å². The molecule has 0 bridgehead atoms. The molecule has 0 aromatic carbocycles. The molecule has 17 heavy (non-hydrogen) atoms. The molecule has 0 unspecified atom stereocenters. The predicted octanol–water partition coefficient (Wildman–Crippen LogP) is 6.06. The monoisotopic (exact) mass is 238 g/mol. The zero-order valence-electron chi connectivity index (χ0n) is 12.9. The molecule has 0 aromatic rings. The van der Waals surface area contributed by atoms with Crippen LogP contribution in [0.15, 0.2) is 0 Å². The van der Waals surface area contributed by atoms with E-state index in [2.05, 4.69) is 34.6 Å². The molecule has 1 aliphatic carbocycles. The van der Waals surface area contributed by atoms with Crippen molar-refractivity contribution in [2.45, 2.75) is 86.0 Å². The smallest absolute Gasteiger partial charge is 0.0318 e. The Hall–Kier alpha value is 0. The van der Waals surface area contributed by atoms with Gasteiger partial charge in [0.2, 0.25) is 0 Å². The minimum atomic E-state index is 0.602. The van der Waals surface area contributed by atoms with Crippen molar-refractivity contribution in [3.63, 3.8) is 0 Å². The first-order chi connectivity index (χ1) is 7.91. The van der Waals surface area contributed by atoms with E-state index in [1.54, 1.807) is 0 Å². The number of hydrogen-bond acceptors (Lipinski definition) is 0.